The molecule has 0 radical (unpaired) electrons. The van der Waals surface area contributed by atoms with Gasteiger partial charge in [0.15, 0.2) is 0 Å². The fourth-order valence-electron chi connectivity index (χ4n) is 4.27. The smallest absolute Gasteiger partial charge is 0.244 e. The molecule has 0 unspecified atom stereocenters. The van der Waals surface area contributed by atoms with Crippen LogP contribution >= 0.6 is 0 Å². The number of imidazole rings is 1. The molecule has 0 aliphatic heterocycles. The Morgan fingerprint density at radius 3 is 2.53 bits per heavy atom. The minimum absolute atomic E-state index is 0.0546. The topological polar surface area (TPSA) is 46.9 Å². The molecule has 5 rings (SSSR count). The summed E-state index contributed by atoms with van der Waals surface area (Å²) in [7, 11) is 0. The maximum Gasteiger partial charge on any atom is 0.244 e. The van der Waals surface area contributed by atoms with Crippen molar-refractivity contribution in [1.82, 2.24) is 9.55 Å². The normalized spacial score (nSPS) is 11.2. The summed E-state index contributed by atoms with van der Waals surface area (Å²) in [5, 5.41) is 5.51. The van der Waals surface area contributed by atoms with Gasteiger partial charge in [0.1, 0.15) is 12.4 Å². The van der Waals surface area contributed by atoms with Gasteiger partial charge in [0.05, 0.1) is 11.0 Å². The molecule has 0 spiro atoms. The van der Waals surface area contributed by atoms with Gasteiger partial charge in [-0.2, -0.15) is 0 Å². The van der Waals surface area contributed by atoms with E-state index in [0.29, 0.717) is 6.42 Å². The van der Waals surface area contributed by atoms with Gasteiger partial charge in [0.25, 0.3) is 0 Å². The van der Waals surface area contributed by atoms with Crippen molar-refractivity contribution in [3.8, 4) is 0 Å². The standard InChI is InChI=1S/C28H25N3O/c1-19-9-7-15-24(20(19)2)30-28(32)18-31-26-16-6-5-14-25(26)29-27(31)17-22-12-8-11-21-10-3-4-13-23(21)22/h3-16H,17-18H2,1-2H3,(H,30,32). The number of carbonyl (C=O) groups is 1. The van der Waals surface area contributed by atoms with Gasteiger partial charge in [-0.05, 0) is 59.5 Å². The zero-order valence-electron chi connectivity index (χ0n) is 18.3. The van der Waals surface area contributed by atoms with E-state index in [9.17, 15) is 4.79 Å². The van der Waals surface area contributed by atoms with Gasteiger partial charge < -0.3 is 9.88 Å². The predicted molar refractivity (Wildman–Crippen MR) is 131 cm³/mol. The summed E-state index contributed by atoms with van der Waals surface area (Å²) in [4.78, 5) is 17.9. The maximum atomic E-state index is 13.0. The van der Waals surface area contributed by atoms with E-state index in [4.69, 9.17) is 4.98 Å². The van der Waals surface area contributed by atoms with E-state index in [-0.39, 0.29) is 12.5 Å². The van der Waals surface area contributed by atoms with Gasteiger partial charge in [-0.1, -0.05) is 66.7 Å². The van der Waals surface area contributed by atoms with Crippen LogP contribution in [0, 0.1) is 13.8 Å². The third-order valence-corrected chi connectivity index (χ3v) is 6.14. The molecule has 4 heteroatoms. The molecule has 0 atom stereocenters. The van der Waals surface area contributed by atoms with E-state index >= 15 is 0 Å². The molecule has 1 N–H and O–H groups in total. The number of para-hydroxylation sites is 2. The molecule has 5 aromatic rings. The van der Waals surface area contributed by atoms with Crippen LogP contribution < -0.4 is 5.32 Å². The van der Waals surface area contributed by atoms with Gasteiger partial charge in [0, 0.05) is 12.1 Å². The van der Waals surface area contributed by atoms with E-state index in [2.05, 4.69) is 60.8 Å². The van der Waals surface area contributed by atoms with Crippen molar-refractivity contribution in [3.05, 3.63) is 107 Å². The van der Waals surface area contributed by atoms with Gasteiger partial charge in [-0.15, -0.1) is 0 Å². The monoisotopic (exact) mass is 419 g/mol. The average molecular weight is 420 g/mol. The molecule has 1 amide bonds. The highest BCUT2D eigenvalue weighted by Crippen LogP contribution is 2.24. The molecule has 1 aromatic heterocycles. The molecular weight excluding hydrogens is 394 g/mol. The second kappa shape index (κ2) is 8.31. The Hall–Kier alpha value is -3.92. The van der Waals surface area contributed by atoms with E-state index in [1.165, 1.54) is 16.3 Å². The lowest BCUT2D eigenvalue weighted by molar-refractivity contribution is -0.116. The highest BCUT2D eigenvalue weighted by molar-refractivity contribution is 5.92. The van der Waals surface area contributed by atoms with Crippen LogP contribution in [0.25, 0.3) is 21.8 Å². The van der Waals surface area contributed by atoms with Crippen molar-refractivity contribution in [3.63, 3.8) is 0 Å². The molecule has 4 nitrogen and oxygen atoms in total. The Labute approximate surface area is 187 Å². The number of aromatic nitrogens is 2. The Kier molecular flexibility index (Phi) is 5.20. The van der Waals surface area contributed by atoms with E-state index in [1.54, 1.807) is 0 Å². The largest absolute Gasteiger partial charge is 0.324 e. The number of nitrogens with zero attached hydrogens (tertiary/aromatic N) is 2. The van der Waals surface area contributed by atoms with Gasteiger partial charge in [0.2, 0.25) is 5.91 Å². The highest BCUT2D eigenvalue weighted by Gasteiger charge is 2.16. The van der Waals surface area contributed by atoms with Gasteiger partial charge in [-0.25, -0.2) is 4.98 Å². The van der Waals surface area contributed by atoms with Gasteiger partial charge >= 0.3 is 0 Å². The summed E-state index contributed by atoms with van der Waals surface area (Å²) in [5.74, 6) is 0.833. The number of rotatable bonds is 5. The molecule has 0 bridgehead atoms. The van der Waals surface area contributed by atoms with Crippen molar-refractivity contribution in [1.29, 1.82) is 0 Å². The van der Waals surface area contributed by atoms with Crippen LogP contribution in [-0.2, 0) is 17.8 Å². The summed E-state index contributed by atoms with van der Waals surface area (Å²) >= 11 is 0. The van der Waals surface area contributed by atoms with Crippen molar-refractivity contribution < 1.29 is 4.79 Å². The van der Waals surface area contributed by atoms with Crippen LogP contribution in [0.1, 0.15) is 22.5 Å². The van der Waals surface area contributed by atoms with Crippen LogP contribution in [0.15, 0.2) is 84.9 Å². The number of benzene rings is 4. The SMILES string of the molecule is Cc1cccc(NC(=O)Cn2c(Cc3cccc4ccccc34)nc3ccccc32)c1C. The number of fused-ring (bicyclic) bond motifs is 2. The minimum Gasteiger partial charge on any atom is -0.324 e. The van der Waals surface area contributed by atoms with E-state index < -0.39 is 0 Å². The number of anilines is 1. The van der Waals surface area contributed by atoms with Gasteiger partial charge in [-0.3, -0.25) is 4.79 Å². The Bertz CT molecular complexity index is 1440. The van der Waals surface area contributed by atoms with Crippen LogP contribution in [0.2, 0.25) is 0 Å². The Morgan fingerprint density at radius 1 is 0.875 bits per heavy atom. The third-order valence-electron chi connectivity index (χ3n) is 6.14. The van der Waals surface area contributed by atoms with E-state index in [1.807, 2.05) is 47.9 Å². The second-order valence-electron chi connectivity index (χ2n) is 8.21. The fraction of sp³-hybridized carbons (Fsp3) is 0.143. The van der Waals surface area contributed by atoms with Crippen molar-refractivity contribution >= 4 is 33.4 Å². The van der Waals surface area contributed by atoms with Crippen molar-refractivity contribution in [2.75, 3.05) is 5.32 Å². The first kappa shape index (κ1) is 20.0. The third kappa shape index (κ3) is 3.76. The number of amides is 1. The first-order valence-corrected chi connectivity index (χ1v) is 10.9. The first-order valence-electron chi connectivity index (χ1n) is 10.9. The molecule has 1 heterocycles. The second-order valence-corrected chi connectivity index (χ2v) is 8.21. The highest BCUT2D eigenvalue weighted by atomic mass is 16.1. The molecule has 0 aliphatic carbocycles. The predicted octanol–water partition coefficient (Wildman–Crippen LogP) is 6.04. The van der Waals surface area contributed by atoms with Crippen LogP contribution in [-0.4, -0.2) is 15.5 Å². The van der Waals surface area contributed by atoms with E-state index in [0.717, 1.165) is 33.7 Å². The summed E-state index contributed by atoms with van der Waals surface area (Å²) in [5.41, 5.74) is 6.19. The van der Waals surface area contributed by atoms with Crippen LogP contribution in [0.5, 0.6) is 0 Å². The molecule has 158 valence electrons. The Morgan fingerprint density at radius 2 is 1.62 bits per heavy atom. The molecule has 0 fully saturated rings. The Balaban J connectivity index is 1.50. The molecule has 0 aliphatic rings. The molecule has 0 saturated carbocycles. The van der Waals surface area contributed by atoms with Crippen LogP contribution in [0.3, 0.4) is 0 Å². The van der Waals surface area contributed by atoms with Crippen molar-refractivity contribution in [2.24, 2.45) is 0 Å². The zero-order chi connectivity index (χ0) is 22.1. The number of aryl methyl sites for hydroxylation is 1. The first-order chi connectivity index (χ1) is 15.6. The summed E-state index contributed by atoms with van der Waals surface area (Å²) in [6.07, 6.45) is 0.660. The number of carbonyl (C=O) groups excluding carboxylic acids is 1. The lowest BCUT2D eigenvalue weighted by Gasteiger charge is -2.13. The molecular formula is C28H25N3O. The minimum atomic E-state index is -0.0546. The average Bonchev–Trinajstić information content (AvgIpc) is 3.14. The maximum absolute atomic E-state index is 13.0. The fourth-order valence-corrected chi connectivity index (χ4v) is 4.27. The number of hydrogen-bond acceptors (Lipinski definition) is 2. The number of nitrogens with one attached hydrogen (secondary N) is 1. The lowest BCUT2D eigenvalue weighted by atomic mass is 10.0. The summed E-state index contributed by atoms with van der Waals surface area (Å²) in [6, 6.07) is 28.7. The molecule has 32 heavy (non-hydrogen) atoms. The number of hydrogen-bond donors (Lipinski definition) is 1. The molecule has 0 saturated heterocycles. The lowest BCUT2D eigenvalue weighted by Crippen LogP contribution is -2.21. The summed E-state index contributed by atoms with van der Waals surface area (Å²) in [6.45, 7) is 4.30. The van der Waals surface area contributed by atoms with Crippen molar-refractivity contribution in [2.45, 2.75) is 26.8 Å². The quantitative estimate of drug-likeness (QED) is 0.378. The van der Waals surface area contributed by atoms with Crippen LogP contribution in [0.4, 0.5) is 5.69 Å². The molecule has 4 aromatic carbocycles. The summed E-state index contributed by atoms with van der Waals surface area (Å²) < 4.78 is 2.04. The zero-order valence-corrected chi connectivity index (χ0v) is 18.3.